The second-order valence-electron chi connectivity index (χ2n) is 3.66. The van der Waals surface area contributed by atoms with E-state index in [0.29, 0.717) is 12.6 Å². The van der Waals surface area contributed by atoms with Crippen molar-refractivity contribution >= 4 is 47.8 Å². The summed E-state index contributed by atoms with van der Waals surface area (Å²) in [4.78, 5) is 0. The van der Waals surface area contributed by atoms with Gasteiger partial charge in [-0.15, -0.1) is 0 Å². The molecule has 2 nitrogen and oxygen atoms in total. The maximum atomic E-state index is 5.70. The second kappa shape index (κ2) is 6.99. The van der Waals surface area contributed by atoms with Crippen LogP contribution in [0.1, 0.15) is 13.8 Å². The molecule has 1 aromatic carbocycles. The van der Waals surface area contributed by atoms with Gasteiger partial charge in [-0.3, -0.25) is 0 Å². The lowest BCUT2D eigenvalue weighted by atomic mass is 10.3. The van der Waals surface area contributed by atoms with Gasteiger partial charge in [0.05, 0.1) is 8.95 Å². The summed E-state index contributed by atoms with van der Waals surface area (Å²) in [5, 5.41) is 3.30. The van der Waals surface area contributed by atoms with Gasteiger partial charge in [-0.05, 0) is 44.0 Å². The monoisotopic (exact) mass is 413 g/mol. The quantitative estimate of drug-likeness (QED) is 0.722. The summed E-state index contributed by atoms with van der Waals surface area (Å²) in [7, 11) is 0. The average Bonchev–Trinajstić information content (AvgIpc) is 2.14. The van der Waals surface area contributed by atoms with E-state index in [9.17, 15) is 0 Å². The summed E-state index contributed by atoms with van der Waals surface area (Å²) in [6, 6.07) is 4.42. The summed E-state index contributed by atoms with van der Waals surface area (Å²) in [5.41, 5.74) is 0. The average molecular weight is 416 g/mol. The van der Waals surface area contributed by atoms with E-state index >= 15 is 0 Å². The summed E-state index contributed by atoms with van der Waals surface area (Å²) >= 11 is 10.4. The van der Waals surface area contributed by atoms with Crippen LogP contribution in [-0.4, -0.2) is 19.2 Å². The number of nitrogens with one attached hydrogen (secondary N) is 1. The Hall–Kier alpha value is 0.420. The van der Waals surface area contributed by atoms with Gasteiger partial charge in [0, 0.05) is 17.1 Å². The fourth-order valence-corrected chi connectivity index (χ4v) is 3.66. The molecule has 1 N–H and O–H groups in total. The van der Waals surface area contributed by atoms with Gasteiger partial charge in [0.15, 0.2) is 0 Å². The van der Waals surface area contributed by atoms with Gasteiger partial charge < -0.3 is 10.1 Å². The Kier molecular flexibility index (Phi) is 6.32. The lowest BCUT2D eigenvalue weighted by molar-refractivity contribution is 0.305. The van der Waals surface area contributed by atoms with Crippen LogP contribution in [0.3, 0.4) is 0 Å². The molecule has 0 heterocycles. The Labute approximate surface area is 122 Å². The zero-order chi connectivity index (χ0) is 12.1. The first-order chi connectivity index (χ1) is 7.50. The molecular formula is C11H14Br3NO. The molecule has 0 saturated heterocycles. The largest absolute Gasteiger partial charge is 0.490 e. The van der Waals surface area contributed by atoms with Crippen molar-refractivity contribution in [3.8, 4) is 5.75 Å². The molecule has 0 aliphatic heterocycles. The van der Waals surface area contributed by atoms with Crippen LogP contribution in [0.25, 0.3) is 0 Å². The van der Waals surface area contributed by atoms with Crippen molar-refractivity contribution < 1.29 is 4.74 Å². The molecule has 0 aliphatic rings. The molecule has 0 bridgehead atoms. The minimum Gasteiger partial charge on any atom is -0.490 e. The predicted octanol–water partition coefficient (Wildman–Crippen LogP) is 4.35. The fourth-order valence-electron chi connectivity index (χ4n) is 1.17. The zero-order valence-electron chi connectivity index (χ0n) is 9.19. The lowest BCUT2D eigenvalue weighted by Crippen LogP contribution is -2.27. The highest BCUT2D eigenvalue weighted by atomic mass is 79.9. The van der Waals surface area contributed by atoms with Crippen LogP contribution in [0, 0.1) is 0 Å². The molecule has 0 saturated carbocycles. The summed E-state index contributed by atoms with van der Waals surface area (Å²) < 4.78 is 8.59. The second-order valence-corrected chi connectivity index (χ2v) is 6.28. The number of hydrogen-bond acceptors (Lipinski definition) is 2. The van der Waals surface area contributed by atoms with Gasteiger partial charge in [0.1, 0.15) is 12.4 Å². The molecule has 90 valence electrons. The Bertz CT molecular complexity index is 332. The third-order valence-corrected chi connectivity index (χ3v) is 3.50. The van der Waals surface area contributed by atoms with E-state index in [2.05, 4.69) is 67.0 Å². The van der Waals surface area contributed by atoms with Gasteiger partial charge in [0.2, 0.25) is 0 Å². The smallest absolute Gasteiger partial charge is 0.147 e. The van der Waals surface area contributed by atoms with Crippen LogP contribution in [0.5, 0.6) is 5.75 Å². The van der Waals surface area contributed by atoms with E-state index in [1.165, 1.54) is 0 Å². The van der Waals surface area contributed by atoms with E-state index in [1.54, 1.807) is 0 Å². The normalized spacial score (nSPS) is 10.9. The van der Waals surface area contributed by atoms with Crippen molar-refractivity contribution in [2.75, 3.05) is 13.2 Å². The molecule has 0 fully saturated rings. The van der Waals surface area contributed by atoms with E-state index in [0.717, 1.165) is 25.7 Å². The van der Waals surface area contributed by atoms with Crippen molar-refractivity contribution in [2.24, 2.45) is 0 Å². The number of halogens is 3. The molecular weight excluding hydrogens is 402 g/mol. The van der Waals surface area contributed by atoms with E-state index in [-0.39, 0.29) is 0 Å². The van der Waals surface area contributed by atoms with Crippen LogP contribution in [0.4, 0.5) is 0 Å². The van der Waals surface area contributed by atoms with Crippen molar-refractivity contribution in [2.45, 2.75) is 19.9 Å². The highest BCUT2D eigenvalue weighted by Gasteiger charge is 2.07. The first-order valence-electron chi connectivity index (χ1n) is 5.01. The van der Waals surface area contributed by atoms with E-state index in [1.807, 2.05) is 12.1 Å². The summed E-state index contributed by atoms with van der Waals surface area (Å²) in [6.07, 6.45) is 0. The van der Waals surface area contributed by atoms with Gasteiger partial charge >= 0.3 is 0 Å². The Morgan fingerprint density at radius 3 is 2.25 bits per heavy atom. The lowest BCUT2D eigenvalue weighted by Gasteiger charge is -2.12. The number of benzene rings is 1. The standard InChI is InChI=1S/C11H14Br3NO/c1-7(2)15-3-4-16-11-9(13)5-8(12)6-10(11)14/h5-7,15H,3-4H2,1-2H3. The molecule has 1 aromatic rings. The molecule has 0 radical (unpaired) electrons. The van der Waals surface area contributed by atoms with Crippen molar-refractivity contribution in [1.29, 1.82) is 0 Å². The van der Waals surface area contributed by atoms with Gasteiger partial charge in [-0.2, -0.15) is 0 Å². The third-order valence-electron chi connectivity index (χ3n) is 1.86. The van der Waals surface area contributed by atoms with Crippen LogP contribution in [0.2, 0.25) is 0 Å². The van der Waals surface area contributed by atoms with Gasteiger partial charge in [0.25, 0.3) is 0 Å². The van der Waals surface area contributed by atoms with Crippen molar-refractivity contribution in [3.63, 3.8) is 0 Å². The Balaban J connectivity index is 2.54. The van der Waals surface area contributed by atoms with Crippen LogP contribution in [-0.2, 0) is 0 Å². The summed E-state index contributed by atoms with van der Waals surface area (Å²) in [5.74, 6) is 0.841. The molecule has 0 amide bonds. The minimum atomic E-state index is 0.486. The van der Waals surface area contributed by atoms with Gasteiger partial charge in [-0.1, -0.05) is 29.8 Å². The molecule has 0 aromatic heterocycles. The molecule has 16 heavy (non-hydrogen) atoms. The van der Waals surface area contributed by atoms with Crippen LogP contribution in [0.15, 0.2) is 25.6 Å². The molecule has 1 rings (SSSR count). The van der Waals surface area contributed by atoms with Crippen LogP contribution >= 0.6 is 47.8 Å². The molecule has 5 heteroatoms. The summed E-state index contributed by atoms with van der Waals surface area (Å²) in [6.45, 7) is 5.72. The maximum Gasteiger partial charge on any atom is 0.147 e. The maximum absolute atomic E-state index is 5.70. The van der Waals surface area contributed by atoms with Crippen molar-refractivity contribution in [1.82, 2.24) is 5.32 Å². The minimum absolute atomic E-state index is 0.486. The Morgan fingerprint density at radius 1 is 1.19 bits per heavy atom. The fraction of sp³-hybridized carbons (Fsp3) is 0.455. The van der Waals surface area contributed by atoms with E-state index < -0.39 is 0 Å². The van der Waals surface area contributed by atoms with Crippen LogP contribution < -0.4 is 10.1 Å². The number of hydrogen-bond donors (Lipinski definition) is 1. The third kappa shape index (κ3) is 4.73. The first-order valence-corrected chi connectivity index (χ1v) is 7.39. The highest BCUT2D eigenvalue weighted by molar-refractivity contribution is 9.11. The zero-order valence-corrected chi connectivity index (χ0v) is 13.9. The first kappa shape index (κ1) is 14.5. The molecule has 0 spiro atoms. The van der Waals surface area contributed by atoms with Crippen molar-refractivity contribution in [3.05, 3.63) is 25.6 Å². The highest BCUT2D eigenvalue weighted by Crippen LogP contribution is 2.36. The molecule has 0 aliphatic carbocycles. The molecule has 0 unspecified atom stereocenters. The topological polar surface area (TPSA) is 21.3 Å². The predicted molar refractivity (Wildman–Crippen MR) is 78.2 cm³/mol. The Morgan fingerprint density at radius 2 is 1.75 bits per heavy atom. The van der Waals surface area contributed by atoms with E-state index in [4.69, 9.17) is 4.74 Å². The SMILES string of the molecule is CC(C)NCCOc1c(Br)cc(Br)cc1Br. The number of rotatable bonds is 5. The van der Waals surface area contributed by atoms with Gasteiger partial charge in [-0.25, -0.2) is 0 Å². The molecule has 0 atom stereocenters. The number of ether oxygens (including phenoxy) is 1.